The monoisotopic (exact) mass is 261 g/mol. The van der Waals surface area contributed by atoms with Crippen molar-refractivity contribution in [2.24, 2.45) is 0 Å². The fraction of sp³-hybridized carbons (Fsp3) is 0. The number of nitrogen functional groups attached to an aromatic ring is 1. The largest absolute Gasteiger partial charge is 0.382 e. The SMILES string of the molecule is Cl.Nc1cc(-c2ccc(-n3ccnc3)cc2)[nH]n1. The maximum atomic E-state index is 5.57. The number of rotatable bonds is 2. The highest BCUT2D eigenvalue weighted by atomic mass is 35.5. The van der Waals surface area contributed by atoms with Crippen molar-refractivity contribution in [3.8, 4) is 16.9 Å². The lowest BCUT2D eigenvalue weighted by Gasteiger charge is -2.02. The summed E-state index contributed by atoms with van der Waals surface area (Å²) in [5.74, 6) is 0.499. The molecule has 0 fully saturated rings. The predicted molar refractivity (Wildman–Crippen MR) is 72.8 cm³/mol. The van der Waals surface area contributed by atoms with Crippen LogP contribution in [-0.2, 0) is 0 Å². The second-order valence-corrected chi connectivity index (χ2v) is 3.72. The first-order chi connectivity index (χ1) is 8.33. The topological polar surface area (TPSA) is 72.5 Å². The number of aromatic amines is 1. The zero-order chi connectivity index (χ0) is 11.7. The fourth-order valence-corrected chi connectivity index (χ4v) is 1.71. The number of hydrogen-bond acceptors (Lipinski definition) is 3. The van der Waals surface area contributed by atoms with Crippen molar-refractivity contribution < 1.29 is 0 Å². The minimum absolute atomic E-state index is 0. The van der Waals surface area contributed by atoms with Crippen LogP contribution in [0.3, 0.4) is 0 Å². The number of imidazole rings is 1. The summed E-state index contributed by atoms with van der Waals surface area (Å²) in [6, 6.07) is 9.89. The Hall–Kier alpha value is -2.27. The summed E-state index contributed by atoms with van der Waals surface area (Å²) in [5.41, 5.74) is 8.61. The maximum Gasteiger partial charge on any atom is 0.145 e. The first-order valence-corrected chi connectivity index (χ1v) is 5.22. The highest BCUT2D eigenvalue weighted by Crippen LogP contribution is 2.20. The van der Waals surface area contributed by atoms with Crippen molar-refractivity contribution in [2.45, 2.75) is 0 Å². The van der Waals surface area contributed by atoms with Crippen LogP contribution in [0.5, 0.6) is 0 Å². The average molecular weight is 262 g/mol. The number of nitrogens with zero attached hydrogens (tertiary/aromatic N) is 3. The van der Waals surface area contributed by atoms with E-state index in [1.165, 1.54) is 0 Å². The molecule has 18 heavy (non-hydrogen) atoms. The maximum absolute atomic E-state index is 5.57. The van der Waals surface area contributed by atoms with Gasteiger partial charge in [-0.1, -0.05) is 12.1 Å². The van der Waals surface area contributed by atoms with Gasteiger partial charge in [0.2, 0.25) is 0 Å². The summed E-state index contributed by atoms with van der Waals surface area (Å²) in [7, 11) is 0. The first-order valence-electron chi connectivity index (χ1n) is 5.22. The van der Waals surface area contributed by atoms with Gasteiger partial charge in [0, 0.05) is 24.1 Å². The molecular formula is C12H12ClN5. The van der Waals surface area contributed by atoms with E-state index in [-0.39, 0.29) is 12.4 Å². The van der Waals surface area contributed by atoms with E-state index in [1.807, 2.05) is 41.1 Å². The van der Waals surface area contributed by atoms with Crippen LogP contribution >= 0.6 is 12.4 Å². The molecule has 0 saturated heterocycles. The Morgan fingerprint density at radius 2 is 1.94 bits per heavy atom. The molecule has 3 aromatic rings. The molecule has 92 valence electrons. The zero-order valence-electron chi connectivity index (χ0n) is 9.45. The highest BCUT2D eigenvalue weighted by Gasteiger charge is 2.01. The van der Waals surface area contributed by atoms with E-state index in [0.717, 1.165) is 16.9 Å². The number of H-pyrrole nitrogens is 1. The molecule has 0 atom stereocenters. The standard InChI is InChI=1S/C12H11N5.ClH/c13-12-7-11(15-16-12)9-1-3-10(4-2-9)17-6-5-14-8-17;/h1-8H,(H3,13,15,16);1H. The highest BCUT2D eigenvalue weighted by molar-refractivity contribution is 5.85. The molecule has 0 aliphatic carbocycles. The third-order valence-electron chi connectivity index (χ3n) is 2.58. The van der Waals surface area contributed by atoms with Gasteiger partial charge in [0.25, 0.3) is 0 Å². The van der Waals surface area contributed by atoms with Gasteiger partial charge < -0.3 is 10.3 Å². The quantitative estimate of drug-likeness (QED) is 0.743. The number of nitrogens with two attached hydrogens (primary N) is 1. The molecule has 0 amide bonds. The molecule has 1 aromatic carbocycles. The first kappa shape index (κ1) is 12.2. The van der Waals surface area contributed by atoms with Gasteiger partial charge in [-0.25, -0.2) is 4.98 Å². The Bertz CT molecular complexity index is 612. The molecule has 0 aliphatic rings. The number of anilines is 1. The van der Waals surface area contributed by atoms with Gasteiger partial charge in [0.15, 0.2) is 0 Å². The van der Waals surface area contributed by atoms with Crippen LogP contribution in [0.4, 0.5) is 5.82 Å². The second kappa shape index (κ2) is 4.93. The molecule has 0 spiro atoms. The molecule has 0 radical (unpaired) electrons. The normalized spacial score (nSPS) is 10.0. The number of halogens is 1. The average Bonchev–Trinajstić information content (AvgIpc) is 3.00. The van der Waals surface area contributed by atoms with Gasteiger partial charge in [0.05, 0.1) is 12.0 Å². The predicted octanol–water partition coefficient (Wildman–Crippen LogP) is 2.27. The van der Waals surface area contributed by atoms with Gasteiger partial charge >= 0.3 is 0 Å². The lowest BCUT2D eigenvalue weighted by molar-refractivity contribution is 1.06. The minimum atomic E-state index is 0. The van der Waals surface area contributed by atoms with Gasteiger partial charge in [0.1, 0.15) is 5.82 Å². The molecule has 2 heterocycles. The Kier molecular flexibility index (Phi) is 3.34. The lowest BCUT2D eigenvalue weighted by Crippen LogP contribution is -1.89. The van der Waals surface area contributed by atoms with Crippen LogP contribution in [0.15, 0.2) is 49.1 Å². The van der Waals surface area contributed by atoms with Crippen molar-refractivity contribution in [2.75, 3.05) is 5.73 Å². The number of benzene rings is 1. The molecule has 0 saturated carbocycles. The minimum Gasteiger partial charge on any atom is -0.382 e. The van der Waals surface area contributed by atoms with Crippen molar-refractivity contribution >= 4 is 18.2 Å². The van der Waals surface area contributed by atoms with Crippen LogP contribution in [-0.4, -0.2) is 19.7 Å². The van der Waals surface area contributed by atoms with Crippen molar-refractivity contribution in [3.63, 3.8) is 0 Å². The van der Waals surface area contributed by atoms with Gasteiger partial charge in [-0.15, -0.1) is 12.4 Å². The van der Waals surface area contributed by atoms with E-state index in [1.54, 1.807) is 12.5 Å². The molecule has 3 rings (SSSR count). The van der Waals surface area contributed by atoms with E-state index < -0.39 is 0 Å². The van der Waals surface area contributed by atoms with Crippen LogP contribution < -0.4 is 5.73 Å². The zero-order valence-corrected chi connectivity index (χ0v) is 10.3. The summed E-state index contributed by atoms with van der Waals surface area (Å²) in [4.78, 5) is 4.01. The fourth-order valence-electron chi connectivity index (χ4n) is 1.71. The molecule has 0 unspecified atom stereocenters. The Balaban J connectivity index is 0.00000120. The van der Waals surface area contributed by atoms with Crippen molar-refractivity contribution in [1.82, 2.24) is 19.7 Å². The summed E-state index contributed by atoms with van der Waals surface area (Å²) < 4.78 is 1.95. The molecule has 0 bridgehead atoms. The molecule has 2 aromatic heterocycles. The van der Waals surface area contributed by atoms with Crippen molar-refractivity contribution in [3.05, 3.63) is 49.1 Å². The van der Waals surface area contributed by atoms with E-state index in [9.17, 15) is 0 Å². The number of hydrogen-bond donors (Lipinski definition) is 2. The van der Waals surface area contributed by atoms with Gasteiger partial charge in [-0.2, -0.15) is 5.10 Å². The van der Waals surface area contributed by atoms with E-state index in [4.69, 9.17) is 5.73 Å². The Morgan fingerprint density at radius 1 is 1.17 bits per heavy atom. The van der Waals surface area contributed by atoms with E-state index in [0.29, 0.717) is 5.82 Å². The Morgan fingerprint density at radius 3 is 2.50 bits per heavy atom. The summed E-state index contributed by atoms with van der Waals surface area (Å²) in [5, 5.41) is 6.78. The van der Waals surface area contributed by atoms with Gasteiger partial charge in [-0.3, -0.25) is 5.10 Å². The third-order valence-corrected chi connectivity index (χ3v) is 2.58. The summed E-state index contributed by atoms with van der Waals surface area (Å²) >= 11 is 0. The van der Waals surface area contributed by atoms with E-state index >= 15 is 0 Å². The van der Waals surface area contributed by atoms with Crippen molar-refractivity contribution in [1.29, 1.82) is 0 Å². The van der Waals surface area contributed by atoms with Crippen LogP contribution in [0.2, 0.25) is 0 Å². The third kappa shape index (κ3) is 2.21. The number of nitrogens with one attached hydrogen (secondary N) is 1. The number of aromatic nitrogens is 4. The molecule has 5 nitrogen and oxygen atoms in total. The van der Waals surface area contributed by atoms with Crippen LogP contribution in [0.1, 0.15) is 0 Å². The lowest BCUT2D eigenvalue weighted by atomic mass is 10.1. The Labute approximate surface area is 110 Å². The van der Waals surface area contributed by atoms with Gasteiger partial charge in [-0.05, 0) is 17.7 Å². The second-order valence-electron chi connectivity index (χ2n) is 3.72. The molecule has 3 N–H and O–H groups in total. The molecule has 0 aliphatic heterocycles. The van der Waals surface area contributed by atoms with E-state index in [2.05, 4.69) is 15.2 Å². The van der Waals surface area contributed by atoms with Crippen LogP contribution in [0.25, 0.3) is 16.9 Å². The molecular weight excluding hydrogens is 250 g/mol. The van der Waals surface area contributed by atoms with Crippen LogP contribution in [0, 0.1) is 0 Å². The summed E-state index contributed by atoms with van der Waals surface area (Å²) in [6.45, 7) is 0. The molecule has 6 heteroatoms. The smallest absolute Gasteiger partial charge is 0.145 e. The summed E-state index contributed by atoms with van der Waals surface area (Å²) in [6.07, 6.45) is 5.43.